The highest BCUT2D eigenvalue weighted by Gasteiger charge is 2.07. The third kappa shape index (κ3) is 3.18. The molecule has 0 aromatic carbocycles. The molecule has 0 spiro atoms. The minimum Gasteiger partial charge on any atom is -0.306 e. The van der Waals surface area contributed by atoms with Crippen LogP contribution in [0.1, 0.15) is 35.9 Å². The lowest BCUT2D eigenvalue weighted by Crippen LogP contribution is -2.27. The quantitative estimate of drug-likeness (QED) is 0.767. The first-order valence-electron chi connectivity index (χ1n) is 5.86. The average Bonchev–Trinajstić information content (AvgIpc) is 2.76. The normalized spacial score (nSPS) is 20.7. The number of allylic oxidation sites excluding steroid dienone is 1. The van der Waals surface area contributed by atoms with Gasteiger partial charge in [0.25, 0.3) is 0 Å². The molecular formula is C13H19NS. The minimum absolute atomic E-state index is 0.603. The van der Waals surface area contributed by atoms with E-state index in [0.717, 1.165) is 13.0 Å². The zero-order valence-corrected chi connectivity index (χ0v) is 10.1. The second-order valence-electron chi connectivity index (χ2n) is 4.07. The van der Waals surface area contributed by atoms with E-state index in [2.05, 4.69) is 36.5 Å². The van der Waals surface area contributed by atoms with Crippen LogP contribution >= 0.6 is 11.3 Å². The number of nitrogens with one attached hydrogen (secondary N) is 1. The van der Waals surface area contributed by atoms with Crippen LogP contribution in [-0.2, 0) is 13.0 Å². The molecule has 0 saturated heterocycles. The molecule has 1 heterocycles. The van der Waals surface area contributed by atoms with Crippen LogP contribution in [0.25, 0.3) is 0 Å². The minimum atomic E-state index is 0.603. The van der Waals surface area contributed by atoms with Gasteiger partial charge in [-0.15, -0.1) is 11.3 Å². The molecule has 0 saturated carbocycles. The Kier molecular flexibility index (Phi) is 3.98. The van der Waals surface area contributed by atoms with Crippen LogP contribution in [0.15, 0.2) is 24.3 Å². The Bertz CT molecular complexity index is 327. The summed E-state index contributed by atoms with van der Waals surface area (Å²) in [6, 6.07) is 5.10. The van der Waals surface area contributed by atoms with Gasteiger partial charge in [0.05, 0.1) is 0 Å². The van der Waals surface area contributed by atoms with Crippen molar-refractivity contribution in [2.24, 2.45) is 0 Å². The van der Waals surface area contributed by atoms with Crippen molar-refractivity contribution < 1.29 is 0 Å². The highest BCUT2D eigenvalue weighted by molar-refractivity contribution is 7.11. The lowest BCUT2D eigenvalue weighted by molar-refractivity contribution is 0.525. The zero-order chi connectivity index (χ0) is 10.5. The molecular weight excluding hydrogens is 202 g/mol. The highest BCUT2D eigenvalue weighted by atomic mass is 32.1. The van der Waals surface area contributed by atoms with E-state index in [0.29, 0.717) is 6.04 Å². The van der Waals surface area contributed by atoms with Crippen molar-refractivity contribution in [1.29, 1.82) is 0 Å². The van der Waals surface area contributed by atoms with Gasteiger partial charge in [0, 0.05) is 22.3 Å². The smallest absolute Gasteiger partial charge is 0.0305 e. The van der Waals surface area contributed by atoms with E-state index in [1.807, 2.05) is 11.3 Å². The summed E-state index contributed by atoms with van der Waals surface area (Å²) in [7, 11) is 0. The summed E-state index contributed by atoms with van der Waals surface area (Å²) in [4.78, 5) is 2.96. The SMILES string of the molecule is CCc1ccc(CNC2C=CCCC2)s1. The molecule has 1 aliphatic rings. The van der Waals surface area contributed by atoms with Crippen molar-refractivity contribution in [3.63, 3.8) is 0 Å². The summed E-state index contributed by atoms with van der Waals surface area (Å²) in [5, 5.41) is 3.60. The van der Waals surface area contributed by atoms with Crippen LogP contribution in [0.5, 0.6) is 0 Å². The number of hydrogen-bond acceptors (Lipinski definition) is 2. The maximum absolute atomic E-state index is 3.60. The van der Waals surface area contributed by atoms with Gasteiger partial charge in [0.2, 0.25) is 0 Å². The fourth-order valence-electron chi connectivity index (χ4n) is 1.92. The third-order valence-electron chi connectivity index (χ3n) is 2.86. The van der Waals surface area contributed by atoms with E-state index in [1.54, 1.807) is 0 Å². The third-order valence-corrected chi connectivity index (χ3v) is 4.09. The number of aryl methyl sites for hydroxylation is 1. The van der Waals surface area contributed by atoms with Crippen LogP contribution in [0.4, 0.5) is 0 Å². The Morgan fingerprint density at radius 3 is 2.93 bits per heavy atom. The molecule has 1 aromatic heterocycles. The van der Waals surface area contributed by atoms with Crippen LogP contribution in [-0.4, -0.2) is 6.04 Å². The molecule has 0 bridgehead atoms. The van der Waals surface area contributed by atoms with Crippen LogP contribution in [0.2, 0.25) is 0 Å². The van der Waals surface area contributed by atoms with Gasteiger partial charge in [-0.3, -0.25) is 0 Å². The van der Waals surface area contributed by atoms with Crippen molar-refractivity contribution in [3.05, 3.63) is 34.0 Å². The second-order valence-corrected chi connectivity index (χ2v) is 5.32. The fraction of sp³-hybridized carbons (Fsp3) is 0.538. The predicted molar refractivity (Wildman–Crippen MR) is 67.3 cm³/mol. The molecule has 0 radical (unpaired) electrons. The lowest BCUT2D eigenvalue weighted by atomic mass is 10.0. The zero-order valence-electron chi connectivity index (χ0n) is 9.33. The molecule has 0 fully saturated rings. The largest absolute Gasteiger partial charge is 0.306 e. The first-order valence-corrected chi connectivity index (χ1v) is 6.68. The van der Waals surface area contributed by atoms with E-state index in [4.69, 9.17) is 0 Å². The molecule has 1 aromatic rings. The van der Waals surface area contributed by atoms with Gasteiger partial charge >= 0.3 is 0 Å². The monoisotopic (exact) mass is 221 g/mol. The topological polar surface area (TPSA) is 12.0 Å². The molecule has 82 valence electrons. The van der Waals surface area contributed by atoms with E-state index in [9.17, 15) is 0 Å². The molecule has 1 aliphatic carbocycles. The van der Waals surface area contributed by atoms with Gasteiger partial charge in [-0.1, -0.05) is 19.1 Å². The van der Waals surface area contributed by atoms with Crippen molar-refractivity contribution in [3.8, 4) is 0 Å². The Hall–Kier alpha value is -0.600. The average molecular weight is 221 g/mol. The van der Waals surface area contributed by atoms with Gasteiger partial charge in [-0.25, -0.2) is 0 Å². The molecule has 1 nitrogen and oxygen atoms in total. The van der Waals surface area contributed by atoms with Crippen molar-refractivity contribution in [1.82, 2.24) is 5.32 Å². The van der Waals surface area contributed by atoms with Gasteiger partial charge in [-0.05, 0) is 37.8 Å². The highest BCUT2D eigenvalue weighted by Crippen LogP contribution is 2.17. The van der Waals surface area contributed by atoms with Crippen molar-refractivity contribution in [2.75, 3.05) is 0 Å². The Morgan fingerprint density at radius 1 is 1.40 bits per heavy atom. The molecule has 15 heavy (non-hydrogen) atoms. The van der Waals surface area contributed by atoms with E-state index in [-0.39, 0.29) is 0 Å². The van der Waals surface area contributed by atoms with Crippen molar-refractivity contribution in [2.45, 2.75) is 45.2 Å². The summed E-state index contributed by atoms with van der Waals surface area (Å²) in [6.45, 7) is 3.24. The number of rotatable bonds is 4. The van der Waals surface area contributed by atoms with Crippen LogP contribution in [0, 0.1) is 0 Å². The summed E-state index contributed by atoms with van der Waals surface area (Å²) in [6.07, 6.45) is 9.66. The Labute approximate surface area is 96.2 Å². The van der Waals surface area contributed by atoms with Crippen molar-refractivity contribution >= 4 is 11.3 Å². The second kappa shape index (κ2) is 5.47. The molecule has 1 N–H and O–H groups in total. The molecule has 2 rings (SSSR count). The molecule has 0 aliphatic heterocycles. The molecule has 2 heteroatoms. The summed E-state index contributed by atoms with van der Waals surface area (Å²) >= 11 is 1.93. The molecule has 1 atom stereocenters. The van der Waals surface area contributed by atoms with Gasteiger partial charge < -0.3 is 5.32 Å². The Morgan fingerprint density at radius 2 is 2.27 bits per heavy atom. The van der Waals surface area contributed by atoms with Crippen LogP contribution in [0.3, 0.4) is 0 Å². The summed E-state index contributed by atoms with van der Waals surface area (Å²) in [5.74, 6) is 0. The van der Waals surface area contributed by atoms with E-state index < -0.39 is 0 Å². The summed E-state index contributed by atoms with van der Waals surface area (Å²) < 4.78 is 0. The number of hydrogen-bond donors (Lipinski definition) is 1. The first-order chi connectivity index (χ1) is 7.38. The predicted octanol–water partition coefficient (Wildman–Crippen LogP) is 3.51. The molecule has 1 unspecified atom stereocenters. The van der Waals surface area contributed by atoms with Gasteiger partial charge in [-0.2, -0.15) is 0 Å². The lowest BCUT2D eigenvalue weighted by Gasteiger charge is -2.17. The van der Waals surface area contributed by atoms with Gasteiger partial charge in [0.1, 0.15) is 0 Å². The summed E-state index contributed by atoms with van der Waals surface area (Å²) in [5.41, 5.74) is 0. The van der Waals surface area contributed by atoms with E-state index >= 15 is 0 Å². The van der Waals surface area contributed by atoms with E-state index in [1.165, 1.54) is 29.0 Å². The first kappa shape index (κ1) is 10.9. The maximum Gasteiger partial charge on any atom is 0.0305 e. The number of thiophene rings is 1. The molecule has 0 amide bonds. The van der Waals surface area contributed by atoms with Gasteiger partial charge in [0.15, 0.2) is 0 Å². The Balaban J connectivity index is 1.81. The maximum atomic E-state index is 3.60. The van der Waals surface area contributed by atoms with Crippen LogP contribution < -0.4 is 5.32 Å². The standard InChI is InChI=1S/C13H19NS/c1-2-12-8-9-13(15-12)10-14-11-6-4-3-5-7-11/h4,6,8-9,11,14H,2-3,5,7,10H2,1H3. The fourth-order valence-corrected chi connectivity index (χ4v) is 2.83.